The van der Waals surface area contributed by atoms with E-state index in [1.54, 1.807) is 0 Å². The van der Waals surface area contributed by atoms with Gasteiger partial charge >= 0.3 is 5.97 Å². The van der Waals surface area contributed by atoms with Crippen molar-refractivity contribution in [2.75, 3.05) is 7.11 Å². The van der Waals surface area contributed by atoms with Crippen molar-refractivity contribution in [3.05, 3.63) is 10.4 Å². The van der Waals surface area contributed by atoms with Gasteiger partial charge in [-0.1, -0.05) is 19.0 Å². The zero-order valence-corrected chi connectivity index (χ0v) is 7.52. The number of rotatable bonds is 4. The summed E-state index contributed by atoms with van der Waals surface area (Å²) in [4.78, 5) is 13.5. The molecule has 0 aliphatic carbocycles. The molecule has 0 aliphatic heterocycles. The highest BCUT2D eigenvalue weighted by molar-refractivity contribution is 5.75. The van der Waals surface area contributed by atoms with Gasteiger partial charge in [0.2, 0.25) is 0 Å². The smallest absolute Gasteiger partial charge is 0.314 e. The fraction of sp³-hybridized carbons (Fsp3) is 0.857. The van der Waals surface area contributed by atoms with E-state index in [9.17, 15) is 4.79 Å². The van der Waals surface area contributed by atoms with E-state index in [1.165, 1.54) is 7.11 Å². The van der Waals surface area contributed by atoms with Crippen LogP contribution in [0.15, 0.2) is 5.11 Å². The van der Waals surface area contributed by atoms with Crippen LogP contribution < -0.4 is 0 Å². The van der Waals surface area contributed by atoms with Gasteiger partial charge in [-0.05, 0) is 17.9 Å². The Labute approximate surface area is 71.3 Å². The first-order chi connectivity index (χ1) is 5.61. The zero-order chi connectivity index (χ0) is 9.56. The Morgan fingerprint density at radius 1 is 1.67 bits per heavy atom. The first-order valence-corrected chi connectivity index (χ1v) is 3.73. The maximum atomic E-state index is 11.0. The van der Waals surface area contributed by atoms with Crippen LogP contribution in [0.3, 0.4) is 0 Å². The molecule has 0 saturated carbocycles. The summed E-state index contributed by atoms with van der Waals surface area (Å²) in [7, 11) is 1.28. The van der Waals surface area contributed by atoms with Gasteiger partial charge in [0.25, 0.3) is 0 Å². The van der Waals surface area contributed by atoms with E-state index in [0.717, 1.165) is 0 Å². The van der Waals surface area contributed by atoms with Crippen molar-refractivity contribution in [2.24, 2.45) is 11.0 Å². The lowest BCUT2D eigenvalue weighted by Crippen LogP contribution is -2.21. The average molecular weight is 171 g/mol. The largest absolute Gasteiger partial charge is 0.469 e. The summed E-state index contributed by atoms with van der Waals surface area (Å²) < 4.78 is 4.46. The monoisotopic (exact) mass is 171 g/mol. The molecule has 0 heterocycles. The number of esters is 1. The molecule has 12 heavy (non-hydrogen) atoms. The molecule has 68 valence electrons. The number of methoxy groups -OCH3 is 1. The first-order valence-electron chi connectivity index (χ1n) is 3.73. The SMILES string of the molecule is COC(=O)[C@H](CC(C)C)N=[N+]=[N-]. The second-order valence-electron chi connectivity index (χ2n) is 2.87. The third-order valence-corrected chi connectivity index (χ3v) is 1.36. The van der Waals surface area contributed by atoms with E-state index in [2.05, 4.69) is 14.8 Å². The third kappa shape index (κ3) is 3.83. The number of carbonyl (C=O) groups excluding carboxylic acids is 1. The Hall–Kier alpha value is -1.22. The first kappa shape index (κ1) is 10.8. The van der Waals surface area contributed by atoms with Gasteiger partial charge in [-0.25, -0.2) is 0 Å². The summed E-state index contributed by atoms with van der Waals surface area (Å²) in [6, 6.07) is -0.681. The van der Waals surface area contributed by atoms with Crippen LogP contribution in [-0.2, 0) is 9.53 Å². The molecule has 0 aliphatic rings. The fourth-order valence-electron chi connectivity index (χ4n) is 0.835. The lowest BCUT2D eigenvalue weighted by molar-refractivity contribution is -0.142. The molecule has 0 spiro atoms. The normalized spacial score (nSPS) is 12.0. The number of carbonyl (C=O) groups is 1. The van der Waals surface area contributed by atoms with Crippen molar-refractivity contribution in [2.45, 2.75) is 26.3 Å². The van der Waals surface area contributed by atoms with Crippen molar-refractivity contribution >= 4 is 5.97 Å². The Bertz CT molecular complexity index is 197. The van der Waals surface area contributed by atoms with Gasteiger partial charge in [0.1, 0.15) is 6.04 Å². The molecular formula is C7H13N3O2. The van der Waals surface area contributed by atoms with Crippen molar-refractivity contribution < 1.29 is 9.53 Å². The van der Waals surface area contributed by atoms with Gasteiger partial charge < -0.3 is 4.74 Å². The Morgan fingerprint density at radius 3 is 2.58 bits per heavy atom. The van der Waals surface area contributed by atoms with Gasteiger partial charge in [-0.2, -0.15) is 0 Å². The molecule has 0 amide bonds. The summed E-state index contributed by atoms with van der Waals surface area (Å²) in [6.45, 7) is 3.89. The summed E-state index contributed by atoms with van der Waals surface area (Å²) in [5.74, 6) is -0.166. The molecule has 0 aromatic rings. The number of nitrogens with zero attached hydrogens (tertiary/aromatic N) is 3. The number of hydrogen-bond acceptors (Lipinski definition) is 3. The van der Waals surface area contributed by atoms with Crippen LogP contribution in [-0.4, -0.2) is 19.1 Å². The summed E-state index contributed by atoms with van der Waals surface area (Å²) >= 11 is 0. The van der Waals surface area contributed by atoms with Crippen LogP contribution in [0, 0.1) is 5.92 Å². The molecule has 0 N–H and O–H groups in total. The molecule has 5 nitrogen and oxygen atoms in total. The number of ether oxygens (including phenoxy) is 1. The Morgan fingerprint density at radius 2 is 2.25 bits per heavy atom. The molecule has 5 heteroatoms. The zero-order valence-electron chi connectivity index (χ0n) is 7.52. The molecule has 0 saturated heterocycles. The highest BCUT2D eigenvalue weighted by atomic mass is 16.5. The second kappa shape index (κ2) is 5.43. The van der Waals surface area contributed by atoms with E-state index in [1.807, 2.05) is 13.8 Å². The van der Waals surface area contributed by atoms with Gasteiger partial charge in [-0.15, -0.1) is 0 Å². The summed E-state index contributed by atoms with van der Waals surface area (Å²) in [6.07, 6.45) is 0.525. The van der Waals surface area contributed by atoms with Gasteiger partial charge in [0.15, 0.2) is 0 Å². The maximum absolute atomic E-state index is 11.0. The maximum Gasteiger partial charge on any atom is 0.314 e. The predicted octanol–water partition coefficient (Wildman–Crippen LogP) is 1.88. The minimum absolute atomic E-state index is 0.305. The van der Waals surface area contributed by atoms with Crippen LogP contribution in [0.25, 0.3) is 10.4 Å². The predicted molar refractivity (Wildman–Crippen MR) is 44.4 cm³/mol. The van der Waals surface area contributed by atoms with Gasteiger partial charge in [0, 0.05) is 4.91 Å². The Balaban J connectivity index is 4.22. The van der Waals surface area contributed by atoms with E-state index < -0.39 is 12.0 Å². The van der Waals surface area contributed by atoms with Gasteiger partial charge in [0.05, 0.1) is 7.11 Å². The number of hydrogen-bond donors (Lipinski definition) is 0. The molecule has 0 aromatic heterocycles. The molecule has 0 radical (unpaired) electrons. The van der Waals surface area contributed by atoms with Crippen LogP contribution in [0.4, 0.5) is 0 Å². The van der Waals surface area contributed by atoms with Crippen LogP contribution in [0.1, 0.15) is 20.3 Å². The highest BCUT2D eigenvalue weighted by Gasteiger charge is 2.18. The van der Waals surface area contributed by atoms with E-state index in [0.29, 0.717) is 12.3 Å². The highest BCUT2D eigenvalue weighted by Crippen LogP contribution is 2.09. The molecular weight excluding hydrogens is 158 g/mol. The quantitative estimate of drug-likeness (QED) is 0.280. The van der Waals surface area contributed by atoms with Crippen LogP contribution in [0.2, 0.25) is 0 Å². The Kier molecular flexibility index (Phi) is 4.88. The average Bonchev–Trinajstić information content (AvgIpc) is 2.01. The summed E-state index contributed by atoms with van der Waals surface area (Å²) in [5.41, 5.74) is 8.14. The molecule has 1 atom stereocenters. The molecule has 0 fully saturated rings. The minimum atomic E-state index is -0.681. The van der Waals surface area contributed by atoms with E-state index >= 15 is 0 Å². The summed E-state index contributed by atoms with van der Waals surface area (Å²) in [5, 5.41) is 3.34. The lowest BCUT2D eigenvalue weighted by atomic mass is 10.1. The second-order valence-corrected chi connectivity index (χ2v) is 2.87. The van der Waals surface area contributed by atoms with Gasteiger partial charge in [-0.3, -0.25) is 4.79 Å². The molecule has 0 bridgehead atoms. The molecule has 0 aromatic carbocycles. The molecule has 0 unspecified atom stereocenters. The standard InChI is InChI=1S/C7H13N3O2/c1-5(2)4-6(9-10-8)7(11)12-3/h5-6H,4H2,1-3H3/t6-/m0/s1. The fourth-order valence-corrected chi connectivity index (χ4v) is 0.835. The van der Waals surface area contributed by atoms with Crippen molar-refractivity contribution in [3.63, 3.8) is 0 Å². The lowest BCUT2D eigenvalue weighted by Gasteiger charge is -2.10. The van der Waals surface area contributed by atoms with Crippen LogP contribution in [0.5, 0.6) is 0 Å². The topological polar surface area (TPSA) is 75.1 Å². The molecule has 0 rings (SSSR count). The minimum Gasteiger partial charge on any atom is -0.469 e. The van der Waals surface area contributed by atoms with Crippen molar-refractivity contribution in [1.82, 2.24) is 0 Å². The van der Waals surface area contributed by atoms with E-state index in [-0.39, 0.29) is 0 Å². The van der Waals surface area contributed by atoms with Crippen molar-refractivity contribution in [3.8, 4) is 0 Å². The van der Waals surface area contributed by atoms with Crippen LogP contribution >= 0.6 is 0 Å². The van der Waals surface area contributed by atoms with Crippen molar-refractivity contribution in [1.29, 1.82) is 0 Å². The number of azide groups is 1. The third-order valence-electron chi connectivity index (χ3n) is 1.36. The van der Waals surface area contributed by atoms with E-state index in [4.69, 9.17) is 5.53 Å².